The first kappa shape index (κ1) is 23.3. The number of amides is 2. The molecule has 3 atom stereocenters. The number of aromatic nitrogens is 3. The monoisotopic (exact) mass is 497 g/mol. The van der Waals surface area contributed by atoms with Crippen molar-refractivity contribution >= 4 is 23.4 Å². The third kappa shape index (κ3) is 4.73. The first-order valence-corrected chi connectivity index (χ1v) is 11.9. The van der Waals surface area contributed by atoms with Gasteiger partial charge in [-0.2, -0.15) is 5.10 Å². The summed E-state index contributed by atoms with van der Waals surface area (Å²) in [6.07, 6.45) is 3.99. The van der Waals surface area contributed by atoms with Crippen LogP contribution in [0.1, 0.15) is 41.7 Å². The van der Waals surface area contributed by atoms with Gasteiger partial charge in [0.05, 0.1) is 19.0 Å². The number of hydrogen-bond acceptors (Lipinski definition) is 5. The molecule has 2 aromatic heterocycles. The SMILES string of the molecule is COc1cc(-c2cc(C(=O)N3C4CC[C@H]3CC(C(=O)NCc3cccc(Cl)c3)C4)[nH]n2)c(F)cn1. The Morgan fingerprint density at radius 2 is 2.00 bits per heavy atom. The van der Waals surface area contributed by atoms with Gasteiger partial charge in [-0.15, -0.1) is 0 Å². The zero-order valence-electron chi connectivity index (χ0n) is 19.1. The summed E-state index contributed by atoms with van der Waals surface area (Å²) in [5.74, 6) is -0.631. The normalized spacial score (nSPS) is 21.1. The number of methoxy groups -OCH3 is 1. The van der Waals surface area contributed by atoms with Crippen molar-refractivity contribution in [3.63, 3.8) is 0 Å². The molecule has 8 nitrogen and oxygen atoms in total. The highest BCUT2D eigenvalue weighted by atomic mass is 35.5. The maximum atomic E-state index is 14.3. The summed E-state index contributed by atoms with van der Waals surface area (Å²) in [7, 11) is 1.44. The highest BCUT2D eigenvalue weighted by Crippen LogP contribution is 2.40. The van der Waals surface area contributed by atoms with Crippen molar-refractivity contribution in [1.82, 2.24) is 25.4 Å². The number of nitrogens with one attached hydrogen (secondary N) is 2. The van der Waals surface area contributed by atoms with E-state index in [9.17, 15) is 14.0 Å². The second-order valence-corrected chi connectivity index (χ2v) is 9.42. The van der Waals surface area contributed by atoms with Gasteiger partial charge in [-0.25, -0.2) is 9.37 Å². The van der Waals surface area contributed by atoms with Crippen molar-refractivity contribution < 1.29 is 18.7 Å². The van der Waals surface area contributed by atoms with Crippen LogP contribution in [0.2, 0.25) is 5.02 Å². The minimum atomic E-state index is -0.555. The molecule has 0 aliphatic carbocycles. The average molecular weight is 498 g/mol. The van der Waals surface area contributed by atoms with E-state index in [1.54, 1.807) is 12.1 Å². The van der Waals surface area contributed by atoms with Crippen molar-refractivity contribution in [3.05, 3.63) is 64.7 Å². The van der Waals surface area contributed by atoms with E-state index >= 15 is 0 Å². The van der Waals surface area contributed by atoms with E-state index in [1.807, 2.05) is 23.1 Å². The van der Waals surface area contributed by atoms with Crippen molar-refractivity contribution in [2.24, 2.45) is 5.92 Å². The van der Waals surface area contributed by atoms with Crippen molar-refractivity contribution in [1.29, 1.82) is 0 Å². The van der Waals surface area contributed by atoms with Gasteiger partial charge in [0.15, 0.2) is 5.82 Å². The molecule has 2 bridgehead atoms. The van der Waals surface area contributed by atoms with E-state index in [2.05, 4.69) is 20.5 Å². The number of carbonyl (C=O) groups is 2. The Labute approximate surface area is 206 Å². The molecule has 0 saturated carbocycles. The van der Waals surface area contributed by atoms with Crippen molar-refractivity contribution in [2.75, 3.05) is 7.11 Å². The molecule has 35 heavy (non-hydrogen) atoms. The van der Waals surface area contributed by atoms with E-state index in [1.165, 1.54) is 13.2 Å². The predicted molar refractivity (Wildman–Crippen MR) is 127 cm³/mol. The Morgan fingerprint density at radius 1 is 1.23 bits per heavy atom. The van der Waals surface area contributed by atoms with Crippen LogP contribution in [0.5, 0.6) is 5.88 Å². The number of halogens is 2. The lowest BCUT2D eigenvalue weighted by atomic mass is 9.89. The number of ether oxygens (including phenoxy) is 1. The number of carbonyl (C=O) groups excluding carboxylic acids is 2. The van der Waals surface area contributed by atoms with E-state index < -0.39 is 5.82 Å². The lowest BCUT2D eigenvalue weighted by Crippen LogP contribution is -2.49. The maximum absolute atomic E-state index is 14.3. The summed E-state index contributed by atoms with van der Waals surface area (Å²) < 4.78 is 19.4. The van der Waals surface area contributed by atoms with Crippen LogP contribution in [0.15, 0.2) is 42.6 Å². The van der Waals surface area contributed by atoms with E-state index in [4.69, 9.17) is 16.3 Å². The van der Waals surface area contributed by atoms with E-state index in [-0.39, 0.29) is 47.0 Å². The van der Waals surface area contributed by atoms with E-state index in [0.717, 1.165) is 24.6 Å². The fourth-order valence-electron chi connectivity index (χ4n) is 5.14. The number of pyridine rings is 1. The highest BCUT2D eigenvalue weighted by Gasteiger charge is 2.45. The Balaban J connectivity index is 1.25. The van der Waals surface area contributed by atoms with Gasteiger partial charge in [0.2, 0.25) is 11.8 Å². The summed E-state index contributed by atoms with van der Waals surface area (Å²) in [6, 6.07) is 10.3. The number of fused-ring (bicyclic) bond motifs is 2. The van der Waals surface area contributed by atoms with Gasteiger partial charge < -0.3 is 15.0 Å². The lowest BCUT2D eigenvalue weighted by Gasteiger charge is -2.38. The molecular formula is C25H25ClFN5O3. The minimum Gasteiger partial charge on any atom is -0.481 e. The van der Waals surface area contributed by atoms with Gasteiger partial charge in [-0.3, -0.25) is 14.7 Å². The van der Waals surface area contributed by atoms with Crippen LogP contribution in [-0.4, -0.2) is 51.1 Å². The Kier molecular flexibility index (Phi) is 6.42. The van der Waals surface area contributed by atoms with Crippen LogP contribution in [0.4, 0.5) is 4.39 Å². The maximum Gasteiger partial charge on any atom is 0.272 e. The van der Waals surface area contributed by atoms with Gasteiger partial charge in [0, 0.05) is 41.2 Å². The molecule has 2 fully saturated rings. The number of hydrogen-bond donors (Lipinski definition) is 2. The molecule has 0 spiro atoms. The number of benzene rings is 1. The highest BCUT2D eigenvalue weighted by molar-refractivity contribution is 6.30. The molecule has 2 N–H and O–H groups in total. The number of rotatable bonds is 6. The lowest BCUT2D eigenvalue weighted by molar-refractivity contribution is -0.127. The summed E-state index contributed by atoms with van der Waals surface area (Å²) in [6.45, 7) is 0.418. The largest absolute Gasteiger partial charge is 0.481 e. The summed E-state index contributed by atoms with van der Waals surface area (Å²) in [4.78, 5) is 31.9. The first-order valence-electron chi connectivity index (χ1n) is 11.5. The van der Waals surface area contributed by atoms with Gasteiger partial charge in [0.1, 0.15) is 5.69 Å². The number of piperidine rings is 1. The van der Waals surface area contributed by atoms with Crippen LogP contribution in [0.3, 0.4) is 0 Å². The Hall–Kier alpha value is -3.46. The smallest absolute Gasteiger partial charge is 0.272 e. The molecule has 3 aromatic rings. The molecule has 2 unspecified atom stereocenters. The van der Waals surface area contributed by atoms with Crippen molar-refractivity contribution in [3.8, 4) is 17.1 Å². The van der Waals surface area contributed by atoms with Gasteiger partial charge >= 0.3 is 0 Å². The number of aromatic amines is 1. The van der Waals surface area contributed by atoms with Gasteiger partial charge in [0.25, 0.3) is 5.91 Å². The van der Waals surface area contributed by atoms with Crippen LogP contribution >= 0.6 is 11.6 Å². The van der Waals surface area contributed by atoms with Crippen LogP contribution in [0.25, 0.3) is 11.3 Å². The molecule has 1 aromatic carbocycles. The fraction of sp³-hybridized carbons (Fsp3) is 0.360. The quantitative estimate of drug-likeness (QED) is 0.536. The van der Waals surface area contributed by atoms with Crippen LogP contribution < -0.4 is 10.1 Å². The third-order valence-electron chi connectivity index (χ3n) is 6.82. The van der Waals surface area contributed by atoms with E-state index in [0.29, 0.717) is 30.1 Å². The zero-order valence-corrected chi connectivity index (χ0v) is 19.9. The molecule has 0 radical (unpaired) electrons. The molecule has 2 aliphatic heterocycles. The average Bonchev–Trinajstić information content (AvgIpc) is 3.45. The zero-order chi connectivity index (χ0) is 24.5. The molecule has 182 valence electrons. The molecule has 2 amide bonds. The number of nitrogens with zero attached hydrogens (tertiary/aromatic N) is 3. The van der Waals surface area contributed by atoms with Gasteiger partial charge in [-0.1, -0.05) is 23.7 Å². The molecule has 10 heteroatoms. The summed E-state index contributed by atoms with van der Waals surface area (Å²) in [5.41, 5.74) is 1.73. The van der Waals surface area contributed by atoms with Crippen molar-refractivity contribution in [2.45, 2.75) is 44.3 Å². The standard InChI is InChI=1S/C25H25ClFN5O3/c1-35-23-10-19(20(27)13-28-23)21-11-22(31-30-21)25(34)32-17-5-6-18(32)9-15(8-17)24(33)29-12-14-3-2-4-16(26)7-14/h2-4,7,10-11,13,15,17-18H,5-6,8-9,12H2,1H3,(H,29,33)(H,30,31)/t15?,17-,18?/m0/s1. The predicted octanol–water partition coefficient (Wildman–Crippen LogP) is 3.97. The molecule has 4 heterocycles. The third-order valence-corrected chi connectivity index (χ3v) is 7.05. The molecular weight excluding hydrogens is 473 g/mol. The molecule has 2 aliphatic rings. The Morgan fingerprint density at radius 3 is 2.71 bits per heavy atom. The molecule has 2 saturated heterocycles. The first-order chi connectivity index (χ1) is 16.9. The van der Waals surface area contributed by atoms with Crippen LogP contribution in [-0.2, 0) is 11.3 Å². The van der Waals surface area contributed by atoms with Crippen LogP contribution in [0, 0.1) is 11.7 Å². The topological polar surface area (TPSA) is 100 Å². The van der Waals surface area contributed by atoms with Gasteiger partial charge in [-0.05, 0) is 49.4 Å². The second-order valence-electron chi connectivity index (χ2n) is 8.99. The number of H-pyrrole nitrogens is 1. The minimum absolute atomic E-state index is 0.0000828. The summed E-state index contributed by atoms with van der Waals surface area (Å²) in [5, 5.41) is 10.5. The fourth-order valence-corrected chi connectivity index (χ4v) is 5.35. The summed E-state index contributed by atoms with van der Waals surface area (Å²) >= 11 is 6.03. The molecule has 5 rings (SSSR count). The second kappa shape index (κ2) is 9.65. The Bertz CT molecular complexity index is 1250.